The lowest BCUT2D eigenvalue weighted by Gasteiger charge is -2.09. The third kappa shape index (κ3) is 3.13. The Morgan fingerprint density at radius 3 is 2.70 bits per heavy atom. The number of pyridine rings is 1. The zero-order valence-electron chi connectivity index (χ0n) is 12.8. The summed E-state index contributed by atoms with van der Waals surface area (Å²) >= 11 is 0. The fourth-order valence-corrected chi connectivity index (χ4v) is 2.31. The fraction of sp³-hybridized carbons (Fsp3) is 0.111. The Kier molecular flexibility index (Phi) is 3.93. The minimum Gasteiger partial charge on any atom is -0.497 e. The molecule has 0 aliphatic carbocycles. The van der Waals surface area contributed by atoms with Crippen molar-refractivity contribution in [3.63, 3.8) is 0 Å². The summed E-state index contributed by atoms with van der Waals surface area (Å²) in [4.78, 5) is 16.7. The number of rotatable bonds is 3. The number of nitrogens with one attached hydrogen (secondary N) is 1. The van der Waals surface area contributed by atoms with Gasteiger partial charge in [0.25, 0.3) is 5.91 Å². The molecule has 1 aromatic heterocycles. The van der Waals surface area contributed by atoms with Crippen LogP contribution in [0.2, 0.25) is 0 Å². The highest BCUT2D eigenvalue weighted by molar-refractivity contribution is 6.04. The first-order chi connectivity index (χ1) is 11.1. The molecule has 3 rings (SSSR count). The number of hydrogen-bond acceptors (Lipinski definition) is 3. The van der Waals surface area contributed by atoms with Crippen LogP contribution >= 0.6 is 0 Å². The summed E-state index contributed by atoms with van der Waals surface area (Å²) in [6, 6.07) is 13.1. The standard InChI is InChI=1S/C18H15FN2O2/c1-11-9-13(19)4-7-15(11)21-18(22)17-6-3-12-10-14(23-2)5-8-16(12)20-17/h3-10H,1-2H3,(H,21,22). The van der Waals surface area contributed by atoms with Gasteiger partial charge in [-0.2, -0.15) is 0 Å². The van der Waals surface area contributed by atoms with Crippen LogP contribution in [0.5, 0.6) is 5.75 Å². The van der Waals surface area contributed by atoms with Gasteiger partial charge >= 0.3 is 0 Å². The summed E-state index contributed by atoms with van der Waals surface area (Å²) in [7, 11) is 1.60. The SMILES string of the molecule is COc1ccc2nc(C(=O)Nc3ccc(F)cc3C)ccc2c1. The molecule has 1 N–H and O–H groups in total. The van der Waals surface area contributed by atoms with Crippen molar-refractivity contribution < 1.29 is 13.9 Å². The minimum absolute atomic E-state index is 0.298. The minimum atomic E-state index is -0.336. The molecule has 0 bridgehead atoms. The van der Waals surface area contributed by atoms with Crippen molar-refractivity contribution in [1.82, 2.24) is 4.98 Å². The van der Waals surface area contributed by atoms with Gasteiger partial charge in [0, 0.05) is 11.1 Å². The summed E-state index contributed by atoms with van der Waals surface area (Å²) in [6.45, 7) is 1.73. The molecular weight excluding hydrogens is 295 g/mol. The maximum atomic E-state index is 13.1. The molecule has 2 aromatic carbocycles. The molecule has 3 aromatic rings. The third-order valence-electron chi connectivity index (χ3n) is 3.57. The Morgan fingerprint density at radius 2 is 1.96 bits per heavy atom. The molecule has 0 fully saturated rings. The molecule has 0 saturated heterocycles. The van der Waals surface area contributed by atoms with Crippen molar-refractivity contribution in [1.29, 1.82) is 0 Å². The van der Waals surface area contributed by atoms with Gasteiger partial charge in [-0.05, 0) is 55.0 Å². The molecule has 0 aliphatic heterocycles. The Morgan fingerprint density at radius 1 is 1.13 bits per heavy atom. The highest BCUT2D eigenvalue weighted by Crippen LogP contribution is 2.21. The van der Waals surface area contributed by atoms with E-state index in [1.165, 1.54) is 18.2 Å². The first-order valence-electron chi connectivity index (χ1n) is 7.09. The number of aryl methyl sites for hydroxylation is 1. The van der Waals surface area contributed by atoms with Crippen molar-refractivity contribution >= 4 is 22.5 Å². The number of halogens is 1. The molecule has 116 valence electrons. The average Bonchev–Trinajstić information content (AvgIpc) is 2.56. The number of amides is 1. The highest BCUT2D eigenvalue weighted by Gasteiger charge is 2.10. The van der Waals surface area contributed by atoms with E-state index in [9.17, 15) is 9.18 Å². The summed E-state index contributed by atoms with van der Waals surface area (Å²) < 4.78 is 18.3. The molecule has 0 radical (unpaired) electrons. The molecule has 1 heterocycles. The number of anilines is 1. The quantitative estimate of drug-likeness (QED) is 0.797. The van der Waals surface area contributed by atoms with E-state index in [1.54, 1.807) is 32.2 Å². The van der Waals surface area contributed by atoms with Gasteiger partial charge in [-0.3, -0.25) is 4.79 Å². The largest absolute Gasteiger partial charge is 0.497 e. The number of carbonyl (C=O) groups excluding carboxylic acids is 1. The van der Waals surface area contributed by atoms with Crippen LogP contribution in [0.1, 0.15) is 16.1 Å². The maximum Gasteiger partial charge on any atom is 0.274 e. The zero-order chi connectivity index (χ0) is 16.4. The van der Waals surface area contributed by atoms with Crippen LogP contribution in [0.15, 0.2) is 48.5 Å². The van der Waals surface area contributed by atoms with E-state index in [0.29, 0.717) is 22.5 Å². The monoisotopic (exact) mass is 310 g/mol. The lowest BCUT2D eigenvalue weighted by molar-refractivity contribution is 0.102. The first kappa shape index (κ1) is 15.0. The van der Waals surface area contributed by atoms with Crippen LogP contribution in [-0.4, -0.2) is 18.0 Å². The molecule has 23 heavy (non-hydrogen) atoms. The van der Waals surface area contributed by atoms with Crippen LogP contribution in [0.4, 0.5) is 10.1 Å². The molecule has 0 aliphatic rings. The summed E-state index contributed by atoms with van der Waals surface area (Å²) in [5, 5.41) is 3.64. The molecular formula is C18H15FN2O2. The molecule has 0 spiro atoms. The van der Waals surface area contributed by atoms with Crippen molar-refractivity contribution in [3.8, 4) is 5.75 Å². The van der Waals surface area contributed by atoms with Crippen LogP contribution in [-0.2, 0) is 0 Å². The lowest BCUT2D eigenvalue weighted by Crippen LogP contribution is -2.14. The Labute approximate surface area is 132 Å². The molecule has 0 saturated carbocycles. The van der Waals surface area contributed by atoms with Crippen molar-refractivity contribution in [3.05, 3.63) is 65.6 Å². The summed E-state index contributed by atoms with van der Waals surface area (Å²) in [5.41, 5.74) is 2.22. The number of nitrogens with zero attached hydrogens (tertiary/aromatic N) is 1. The number of benzene rings is 2. The van der Waals surface area contributed by atoms with Crippen molar-refractivity contribution in [2.75, 3.05) is 12.4 Å². The van der Waals surface area contributed by atoms with Gasteiger partial charge < -0.3 is 10.1 Å². The van der Waals surface area contributed by atoms with E-state index in [2.05, 4.69) is 10.3 Å². The molecule has 5 heteroatoms. The van der Waals surface area contributed by atoms with Crippen molar-refractivity contribution in [2.45, 2.75) is 6.92 Å². The van der Waals surface area contributed by atoms with Crippen LogP contribution in [0, 0.1) is 12.7 Å². The predicted molar refractivity (Wildman–Crippen MR) is 87.4 cm³/mol. The summed E-state index contributed by atoms with van der Waals surface area (Å²) in [5.74, 6) is 0.0640. The van der Waals surface area contributed by atoms with E-state index >= 15 is 0 Å². The molecule has 0 unspecified atom stereocenters. The first-order valence-corrected chi connectivity index (χ1v) is 7.09. The van der Waals surface area contributed by atoms with E-state index in [0.717, 1.165) is 11.1 Å². The van der Waals surface area contributed by atoms with Gasteiger partial charge in [-0.1, -0.05) is 6.07 Å². The van der Waals surface area contributed by atoms with E-state index in [1.807, 2.05) is 12.1 Å². The van der Waals surface area contributed by atoms with Crippen LogP contribution in [0.3, 0.4) is 0 Å². The number of methoxy groups -OCH3 is 1. The van der Waals surface area contributed by atoms with Crippen LogP contribution in [0.25, 0.3) is 10.9 Å². The van der Waals surface area contributed by atoms with Gasteiger partial charge in [0.15, 0.2) is 0 Å². The molecule has 4 nitrogen and oxygen atoms in total. The Hall–Kier alpha value is -2.95. The fourth-order valence-electron chi connectivity index (χ4n) is 2.31. The lowest BCUT2D eigenvalue weighted by atomic mass is 10.1. The second kappa shape index (κ2) is 6.04. The van der Waals surface area contributed by atoms with Gasteiger partial charge in [-0.15, -0.1) is 0 Å². The third-order valence-corrected chi connectivity index (χ3v) is 3.57. The Balaban J connectivity index is 1.88. The molecule has 0 atom stereocenters. The highest BCUT2D eigenvalue weighted by atomic mass is 19.1. The number of aromatic nitrogens is 1. The topological polar surface area (TPSA) is 51.2 Å². The van der Waals surface area contributed by atoms with Crippen molar-refractivity contribution in [2.24, 2.45) is 0 Å². The second-order valence-electron chi connectivity index (χ2n) is 5.17. The van der Waals surface area contributed by atoms with Gasteiger partial charge in [0.2, 0.25) is 0 Å². The van der Waals surface area contributed by atoms with Gasteiger partial charge in [0.05, 0.1) is 12.6 Å². The predicted octanol–water partition coefficient (Wildman–Crippen LogP) is 3.94. The number of hydrogen-bond donors (Lipinski definition) is 1. The van der Waals surface area contributed by atoms with Gasteiger partial charge in [0.1, 0.15) is 17.3 Å². The smallest absolute Gasteiger partial charge is 0.274 e. The van der Waals surface area contributed by atoms with E-state index < -0.39 is 0 Å². The van der Waals surface area contributed by atoms with Crippen LogP contribution < -0.4 is 10.1 Å². The average molecular weight is 310 g/mol. The molecule has 1 amide bonds. The van der Waals surface area contributed by atoms with Gasteiger partial charge in [-0.25, -0.2) is 9.37 Å². The van der Waals surface area contributed by atoms with E-state index in [-0.39, 0.29) is 11.7 Å². The summed E-state index contributed by atoms with van der Waals surface area (Å²) in [6.07, 6.45) is 0. The number of fused-ring (bicyclic) bond motifs is 1. The van der Waals surface area contributed by atoms with E-state index in [4.69, 9.17) is 4.74 Å². The second-order valence-corrected chi connectivity index (χ2v) is 5.17. The number of carbonyl (C=O) groups is 1. The normalized spacial score (nSPS) is 10.6. The Bertz CT molecular complexity index is 893. The maximum absolute atomic E-state index is 13.1. The number of ether oxygens (including phenoxy) is 1. The zero-order valence-corrected chi connectivity index (χ0v) is 12.8.